The van der Waals surface area contributed by atoms with Crippen LogP contribution in [0.3, 0.4) is 0 Å². The van der Waals surface area contributed by atoms with Gasteiger partial charge in [-0.1, -0.05) is 96.2 Å². The fourth-order valence-corrected chi connectivity index (χ4v) is 7.59. The molecule has 0 aliphatic heterocycles. The Bertz CT molecular complexity index is 1490. The quantitative estimate of drug-likeness (QED) is 0.190. The van der Waals surface area contributed by atoms with Crippen molar-refractivity contribution in [1.82, 2.24) is 9.55 Å². The topological polar surface area (TPSA) is 34.9 Å². The number of benzene rings is 4. The number of aromatic nitrogens is 2. The predicted molar refractivity (Wildman–Crippen MR) is 147 cm³/mol. The average Bonchev–Trinajstić information content (AvgIpc) is 2.86. The van der Waals surface area contributed by atoms with Crippen molar-refractivity contribution in [2.24, 2.45) is 0 Å². The van der Waals surface area contributed by atoms with Gasteiger partial charge in [-0.25, -0.2) is 4.98 Å². The Morgan fingerprint density at radius 2 is 1.38 bits per heavy atom. The summed E-state index contributed by atoms with van der Waals surface area (Å²) >= 11 is 1.50. The van der Waals surface area contributed by atoms with Crippen LogP contribution in [-0.2, 0) is 0 Å². The summed E-state index contributed by atoms with van der Waals surface area (Å²) in [6, 6.07) is 33.2. The molecule has 0 radical (unpaired) electrons. The number of thioether (sulfide) groups is 1. The molecule has 0 saturated heterocycles. The first-order chi connectivity index (χ1) is 16.6. The van der Waals surface area contributed by atoms with Crippen LogP contribution in [0.15, 0.2) is 107 Å². The van der Waals surface area contributed by atoms with E-state index >= 15 is 0 Å². The maximum atomic E-state index is 13.9. The Labute approximate surface area is 205 Å². The standard InChI is InChI=1S/C29H25N2OPS/c1-20-18-21(2)27(31-28(32)24-16-10-11-17-25(24)30-29(31)34-3)26(19-20)33(22-12-6-4-7-13-22)23-14-8-5-9-15-23/h4-19H,1-3H3. The highest BCUT2D eigenvalue weighted by Crippen LogP contribution is 2.37. The molecule has 34 heavy (non-hydrogen) atoms. The molecule has 5 heteroatoms. The lowest BCUT2D eigenvalue weighted by molar-refractivity contribution is 0.820. The van der Waals surface area contributed by atoms with Crippen molar-refractivity contribution in [2.75, 3.05) is 6.26 Å². The minimum Gasteiger partial charge on any atom is -0.268 e. The molecule has 0 aliphatic rings. The van der Waals surface area contributed by atoms with E-state index in [0.29, 0.717) is 10.5 Å². The summed E-state index contributed by atoms with van der Waals surface area (Å²) in [5, 5.41) is 5.01. The Morgan fingerprint density at radius 3 is 2.00 bits per heavy atom. The second-order valence-electron chi connectivity index (χ2n) is 8.21. The maximum absolute atomic E-state index is 13.9. The first kappa shape index (κ1) is 22.6. The molecule has 1 heterocycles. The summed E-state index contributed by atoms with van der Waals surface area (Å²) in [6.45, 7) is 4.22. The second kappa shape index (κ2) is 9.58. The minimum atomic E-state index is -0.893. The van der Waals surface area contributed by atoms with Gasteiger partial charge < -0.3 is 0 Å². The highest BCUT2D eigenvalue weighted by molar-refractivity contribution is 7.98. The van der Waals surface area contributed by atoms with Crippen LogP contribution in [-0.4, -0.2) is 15.8 Å². The number of aryl methyl sites for hydroxylation is 2. The third-order valence-electron chi connectivity index (χ3n) is 5.85. The normalized spacial score (nSPS) is 11.3. The van der Waals surface area contributed by atoms with Crippen molar-refractivity contribution in [2.45, 2.75) is 19.0 Å². The second-order valence-corrected chi connectivity index (χ2v) is 11.2. The van der Waals surface area contributed by atoms with Gasteiger partial charge in [0.2, 0.25) is 0 Å². The summed E-state index contributed by atoms with van der Waals surface area (Å²) in [6.07, 6.45) is 1.98. The van der Waals surface area contributed by atoms with E-state index < -0.39 is 7.92 Å². The number of hydrogen-bond donors (Lipinski definition) is 0. The van der Waals surface area contributed by atoms with Crippen LogP contribution in [0.1, 0.15) is 11.1 Å². The largest absolute Gasteiger partial charge is 0.268 e. The Kier molecular flexibility index (Phi) is 6.36. The average molecular weight is 481 g/mol. The van der Waals surface area contributed by atoms with Gasteiger partial charge in [-0.15, -0.1) is 0 Å². The van der Waals surface area contributed by atoms with Gasteiger partial charge in [-0.2, -0.15) is 0 Å². The fourth-order valence-electron chi connectivity index (χ4n) is 4.43. The van der Waals surface area contributed by atoms with Crippen LogP contribution in [0, 0.1) is 13.8 Å². The Hall–Kier alpha value is -3.20. The zero-order valence-corrected chi connectivity index (χ0v) is 21.1. The molecule has 0 N–H and O–H groups in total. The highest BCUT2D eigenvalue weighted by atomic mass is 32.2. The number of nitrogens with zero attached hydrogens (tertiary/aromatic N) is 2. The van der Waals surface area contributed by atoms with Crippen LogP contribution in [0.4, 0.5) is 0 Å². The van der Waals surface area contributed by atoms with Gasteiger partial charge in [-0.3, -0.25) is 9.36 Å². The van der Waals surface area contributed by atoms with Crippen molar-refractivity contribution < 1.29 is 0 Å². The fraction of sp³-hybridized carbons (Fsp3) is 0.103. The number of hydrogen-bond acceptors (Lipinski definition) is 3. The number of fused-ring (bicyclic) bond motifs is 1. The molecule has 3 nitrogen and oxygen atoms in total. The molecule has 0 aliphatic carbocycles. The molecule has 5 aromatic rings. The van der Waals surface area contributed by atoms with Crippen molar-refractivity contribution in [3.8, 4) is 5.69 Å². The zero-order valence-electron chi connectivity index (χ0n) is 19.4. The third-order valence-corrected chi connectivity index (χ3v) is 8.94. The third kappa shape index (κ3) is 4.09. The molecule has 0 spiro atoms. The molecule has 0 atom stereocenters. The van der Waals surface area contributed by atoms with Gasteiger partial charge in [0.1, 0.15) is 0 Å². The number of para-hydroxylation sites is 1. The number of rotatable bonds is 5. The smallest absolute Gasteiger partial charge is 0.266 e. The lowest BCUT2D eigenvalue weighted by atomic mass is 10.1. The summed E-state index contributed by atoms with van der Waals surface area (Å²) in [5.41, 5.74) is 3.90. The summed E-state index contributed by atoms with van der Waals surface area (Å²) in [4.78, 5) is 18.8. The molecule has 1 aromatic heterocycles. The molecule has 0 unspecified atom stereocenters. The van der Waals surface area contributed by atoms with Gasteiger partial charge in [0.05, 0.1) is 16.6 Å². The highest BCUT2D eigenvalue weighted by Gasteiger charge is 2.24. The molecule has 5 rings (SSSR count). The molecule has 0 bridgehead atoms. The lowest BCUT2D eigenvalue weighted by Gasteiger charge is -2.26. The van der Waals surface area contributed by atoms with Crippen molar-refractivity contribution in [3.05, 3.63) is 119 Å². The molecule has 0 saturated carbocycles. The van der Waals surface area contributed by atoms with Crippen molar-refractivity contribution in [3.63, 3.8) is 0 Å². The van der Waals surface area contributed by atoms with Gasteiger partial charge in [0.15, 0.2) is 5.16 Å². The Morgan fingerprint density at radius 1 is 0.794 bits per heavy atom. The SMILES string of the molecule is CSc1nc2ccccc2c(=O)n1-c1c(C)cc(C)cc1P(c1ccccc1)c1ccccc1. The van der Waals surface area contributed by atoms with Crippen molar-refractivity contribution in [1.29, 1.82) is 0 Å². The first-order valence-corrected chi connectivity index (χ1v) is 13.7. The predicted octanol–water partition coefficient (Wildman–Crippen LogP) is 5.48. The van der Waals surface area contributed by atoms with Crippen LogP contribution < -0.4 is 21.5 Å². The zero-order chi connectivity index (χ0) is 23.7. The summed E-state index contributed by atoms with van der Waals surface area (Å²) < 4.78 is 1.83. The molecule has 168 valence electrons. The minimum absolute atomic E-state index is 0.0285. The van der Waals surface area contributed by atoms with E-state index in [1.54, 1.807) is 0 Å². The van der Waals surface area contributed by atoms with Gasteiger partial charge >= 0.3 is 0 Å². The first-order valence-electron chi connectivity index (χ1n) is 11.2. The van der Waals surface area contributed by atoms with Gasteiger partial charge in [-0.05, 0) is 62.4 Å². The van der Waals surface area contributed by atoms with Crippen molar-refractivity contribution >= 4 is 46.5 Å². The maximum Gasteiger partial charge on any atom is 0.266 e. The lowest BCUT2D eigenvalue weighted by Crippen LogP contribution is -2.30. The van der Waals surface area contributed by atoms with Crippen LogP contribution >= 0.6 is 19.7 Å². The van der Waals surface area contributed by atoms with Crippen LogP contribution in [0.2, 0.25) is 0 Å². The van der Waals surface area contributed by atoms with Crippen LogP contribution in [0.25, 0.3) is 16.6 Å². The monoisotopic (exact) mass is 480 g/mol. The summed E-state index contributed by atoms with van der Waals surface area (Å²) in [7, 11) is -0.893. The van der Waals surface area contributed by atoms with E-state index in [0.717, 1.165) is 16.8 Å². The van der Waals surface area contributed by atoms with Crippen LogP contribution in [0.5, 0.6) is 0 Å². The molecule has 4 aromatic carbocycles. The summed E-state index contributed by atoms with van der Waals surface area (Å²) in [5.74, 6) is 0. The van der Waals surface area contributed by atoms with Gasteiger partial charge in [0.25, 0.3) is 5.56 Å². The molecular weight excluding hydrogens is 455 g/mol. The van der Waals surface area contributed by atoms with E-state index in [1.807, 2.05) is 47.2 Å². The molecule has 0 fully saturated rings. The van der Waals surface area contributed by atoms with E-state index in [9.17, 15) is 4.79 Å². The van der Waals surface area contributed by atoms with E-state index in [1.165, 1.54) is 33.2 Å². The molecular formula is C29H25N2OPS. The molecule has 0 amide bonds. The Balaban J connectivity index is 1.89. The van der Waals surface area contributed by atoms with E-state index in [-0.39, 0.29) is 5.56 Å². The van der Waals surface area contributed by atoms with Gasteiger partial charge in [0, 0.05) is 5.30 Å². The van der Waals surface area contributed by atoms with E-state index in [2.05, 4.69) is 74.5 Å². The van der Waals surface area contributed by atoms with E-state index in [4.69, 9.17) is 4.98 Å².